The Morgan fingerprint density at radius 1 is 1.29 bits per heavy atom. The van der Waals surface area contributed by atoms with Gasteiger partial charge in [0, 0.05) is 42.8 Å². The van der Waals surface area contributed by atoms with Crippen LogP contribution in [0.15, 0.2) is 35.3 Å². The van der Waals surface area contributed by atoms with Crippen LogP contribution in [0.3, 0.4) is 0 Å². The first-order valence-electron chi connectivity index (χ1n) is 10.8. The van der Waals surface area contributed by atoms with Gasteiger partial charge in [-0.25, -0.2) is 4.79 Å². The minimum absolute atomic E-state index is 0.230. The number of carbonyl (C=O) groups excluding carboxylic acids is 1. The topological polar surface area (TPSA) is 86.2 Å². The SMILES string of the molecule is CN=C(NCC1CCN(C(=O)OC(C)(C)C)CC1)NCC(O)c1cc2ccccc2s1. The van der Waals surface area contributed by atoms with Crippen LogP contribution in [-0.4, -0.2) is 60.9 Å². The van der Waals surface area contributed by atoms with Crippen molar-refractivity contribution < 1.29 is 14.6 Å². The number of nitrogens with one attached hydrogen (secondary N) is 2. The van der Waals surface area contributed by atoms with Gasteiger partial charge in [-0.05, 0) is 57.0 Å². The predicted octanol–water partition coefficient (Wildman–Crippen LogP) is 3.75. The smallest absolute Gasteiger partial charge is 0.410 e. The molecule has 1 aromatic heterocycles. The first-order chi connectivity index (χ1) is 14.7. The van der Waals surface area contributed by atoms with Gasteiger partial charge in [0.05, 0.1) is 0 Å². The zero-order chi connectivity index (χ0) is 22.4. The Labute approximate surface area is 188 Å². The lowest BCUT2D eigenvalue weighted by Gasteiger charge is -2.33. The number of thiophene rings is 1. The zero-order valence-corrected chi connectivity index (χ0v) is 19.7. The van der Waals surface area contributed by atoms with Gasteiger partial charge in [0.1, 0.15) is 11.7 Å². The molecule has 3 N–H and O–H groups in total. The molecule has 31 heavy (non-hydrogen) atoms. The molecular formula is C23H34N4O3S. The molecule has 0 saturated carbocycles. The number of rotatable bonds is 5. The van der Waals surface area contributed by atoms with Gasteiger partial charge in [-0.1, -0.05) is 18.2 Å². The number of likely N-dealkylation sites (tertiary alicyclic amines) is 1. The van der Waals surface area contributed by atoms with Crippen molar-refractivity contribution in [2.24, 2.45) is 10.9 Å². The number of fused-ring (bicyclic) bond motifs is 1. The van der Waals surface area contributed by atoms with Gasteiger partial charge in [-0.2, -0.15) is 0 Å². The van der Waals surface area contributed by atoms with Crippen LogP contribution in [-0.2, 0) is 4.74 Å². The van der Waals surface area contributed by atoms with Gasteiger partial charge in [-0.15, -0.1) is 11.3 Å². The van der Waals surface area contributed by atoms with Crippen molar-refractivity contribution in [2.45, 2.75) is 45.3 Å². The Morgan fingerprint density at radius 2 is 2.00 bits per heavy atom. The molecular weight excluding hydrogens is 412 g/mol. The second-order valence-corrected chi connectivity index (χ2v) is 10.1. The van der Waals surface area contributed by atoms with Crippen LogP contribution in [0.25, 0.3) is 10.1 Å². The molecule has 3 rings (SSSR count). The highest BCUT2D eigenvalue weighted by molar-refractivity contribution is 7.19. The summed E-state index contributed by atoms with van der Waals surface area (Å²) in [5.74, 6) is 1.14. The van der Waals surface area contributed by atoms with E-state index in [4.69, 9.17) is 4.74 Å². The van der Waals surface area contributed by atoms with E-state index in [0.717, 1.165) is 29.6 Å². The molecule has 2 aromatic rings. The summed E-state index contributed by atoms with van der Waals surface area (Å²) in [5, 5.41) is 18.3. The highest BCUT2D eigenvalue weighted by Crippen LogP contribution is 2.29. The average molecular weight is 447 g/mol. The summed E-state index contributed by atoms with van der Waals surface area (Å²) in [4.78, 5) is 19.2. The van der Waals surface area contributed by atoms with Crippen LogP contribution >= 0.6 is 11.3 Å². The molecule has 1 aliphatic rings. The first kappa shape index (κ1) is 23.3. The summed E-state index contributed by atoms with van der Waals surface area (Å²) >= 11 is 1.61. The second-order valence-electron chi connectivity index (χ2n) is 8.95. The lowest BCUT2D eigenvalue weighted by molar-refractivity contribution is 0.0185. The van der Waals surface area contributed by atoms with Gasteiger partial charge >= 0.3 is 6.09 Å². The number of hydrogen-bond acceptors (Lipinski definition) is 5. The molecule has 1 amide bonds. The van der Waals surface area contributed by atoms with Crippen LogP contribution in [0, 0.1) is 5.92 Å². The highest BCUT2D eigenvalue weighted by Gasteiger charge is 2.26. The summed E-state index contributed by atoms with van der Waals surface area (Å²) in [5.41, 5.74) is -0.464. The van der Waals surface area contributed by atoms with Crippen LogP contribution in [0.1, 0.15) is 44.6 Å². The molecule has 1 atom stereocenters. The van der Waals surface area contributed by atoms with Gasteiger partial charge in [-0.3, -0.25) is 4.99 Å². The van der Waals surface area contributed by atoms with E-state index in [-0.39, 0.29) is 6.09 Å². The van der Waals surface area contributed by atoms with Crippen LogP contribution < -0.4 is 10.6 Å². The average Bonchev–Trinajstić information content (AvgIpc) is 3.17. The normalized spacial score (nSPS) is 16.9. The third-order valence-corrected chi connectivity index (χ3v) is 6.50. The molecule has 0 bridgehead atoms. The van der Waals surface area contributed by atoms with Gasteiger partial charge in [0.2, 0.25) is 0 Å². The largest absolute Gasteiger partial charge is 0.444 e. The molecule has 7 nitrogen and oxygen atoms in total. The third-order valence-electron chi connectivity index (χ3n) is 5.28. The molecule has 0 aliphatic carbocycles. The fourth-order valence-corrected chi connectivity index (χ4v) is 4.62. The minimum atomic E-state index is -0.590. The number of aliphatic imine (C=N–C) groups is 1. The van der Waals surface area contributed by atoms with E-state index in [1.165, 1.54) is 4.70 Å². The first-order valence-corrected chi connectivity index (χ1v) is 11.7. The molecule has 1 fully saturated rings. The number of guanidine groups is 1. The number of piperidine rings is 1. The Morgan fingerprint density at radius 3 is 2.65 bits per heavy atom. The molecule has 1 saturated heterocycles. The number of carbonyl (C=O) groups is 1. The van der Waals surface area contributed by atoms with E-state index in [0.29, 0.717) is 31.5 Å². The van der Waals surface area contributed by atoms with E-state index >= 15 is 0 Å². The Kier molecular flexibility index (Phi) is 7.78. The summed E-state index contributed by atoms with van der Waals surface area (Å²) in [6.07, 6.45) is 1.03. The number of aliphatic hydroxyl groups excluding tert-OH is 1. The molecule has 1 aliphatic heterocycles. The number of ether oxygens (including phenoxy) is 1. The van der Waals surface area contributed by atoms with Crippen molar-refractivity contribution >= 4 is 33.5 Å². The minimum Gasteiger partial charge on any atom is -0.444 e. The Hall–Kier alpha value is -2.32. The van der Waals surface area contributed by atoms with Gasteiger partial charge < -0.3 is 25.4 Å². The van der Waals surface area contributed by atoms with Crippen LogP contribution in [0.2, 0.25) is 0 Å². The zero-order valence-electron chi connectivity index (χ0n) is 18.9. The molecule has 2 heterocycles. The fraction of sp³-hybridized carbons (Fsp3) is 0.565. The summed E-state index contributed by atoms with van der Waals surface area (Å²) in [6.45, 7) is 8.24. The Balaban J connectivity index is 1.40. The van der Waals surface area contributed by atoms with Crippen LogP contribution in [0.4, 0.5) is 4.79 Å². The summed E-state index contributed by atoms with van der Waals surface area (Å²) in [6, 6.07) is 10.2. The third kappa shape index (κ3) is 6.83. The van der Waals surface area contributed by atoms with Gasteiger partial charge in [0.15, 0.2) is 5.96 Å². The van der Waals surface area contributed by atoms with E-state index in [2.05, 4.69) is 27.8 Å². The second kappa shape index (κ2) is 10.3. The van der Waals surface area contributed by atoms with E-state index < -0.39 is 11.7 Å². The van der Waals surface area contributed by atoms with Crippen molar-refractivity contribution in [1.82, 2.24) is 15.5 Å². The number of aliphatic hydroxyl groups is 1. The number of hydrogen-bond donors (Lipinski definition) is 3. The van der Waals surface area contributed by atoms with Gasteiger partial charge in [0.25, 0.3) is 0 Å². The molecule has 0 spiro atoms. The number of amides is 1. The van der Waals surface area contributed by atoms with Crippen molar-refractivity contribution in [1.29, 1.82) is 0 Å². The predicted molar refractivity (Wildman–Crippen MR) is 127 cm³/mol. The number of benzene rings is 1. The number of nitrogens with zero attached hydrogens (tertiary/aromatic N) is 2. The quantitative estimate of drug-likeness (QED) is 0.481. The molecule has 8 heteroatoms. The van der Waals surface area contributed by atoms with Crippen molar-refractivity contribution in [2.75, 3.05) is 33.2 Å². The molecule has 1 unspecified atom stereocenters. The van der Waals surface area contributed by atoms with E-state index in [9.17, 15) is 9.90 Å². The van der Waals surface area contributed by atoms with E-state index in [1.54, 1.807) is 23.3 Å². The molecule has 0 radical (unpaired) electrons. The van der Waals surface area contributed by atoms with E-state index in [1.807, 2.05) is 39.0 Å². The van der Waals surface area contributed by atoms with Crippen LogP contribution in [0.5, 0.6) is 0 Å². The van der Waals surface area contributed by atoms with Crippen molar-refractivity contribution in [3.63, 3.8) is 0 Å². The highest BCUT2D eigenvalue weighted by atomic mass is 32.1. The van der Waals surface area contributed by atoms with Crippen molar-refractivity contribution in [3.8, 4) is 0 Å². The van der Waals surface area contributed by atoms with Crippen molar-refractivity contribution in [3.05, 3.63) is 35.2 Å². The summed E-state index contributed by atoms with van der Waals surface area (Å²) in [7, 11) is 1.73. The standard InChI is InChI=1S/C23H34N4O3S/c1-23(2,3)30-22(29)27-11-9-16(10-12-27)14-25-21(24-4)26-15-18(28)20-13-17-7-5-6-8-19(17)31-20/h5-8,13,16,18,28H,9-12,14-15H2,1-4H3,(H2,24,25,26). The molecule has 170 valence electrons. The lowest BCUT2D eigenvalue weighted by Crippen LogP contribution is -2.45. The Bertz CT molecular complexity index is 865. The monoisotopic (exact) mass is 446 g/mol. The maximum Gasteiger partial charge on any atom is 0.410 e. The maximum atomic E-state index is 12.2. The molecule has 1 aromatic carbocycles. The summed E-state index contributed by atoms with van der Waals surface area (Å²) < 4.78 is 6.64. The fourth-order valence-electron chi connectivity index (χ4n) is 3.57. The lowest BCUT2D eigenvalue weighted by atomic mass is 9.97. The maximum absolute atomic E-state index is 12.2.